The molecule has 0 bridgehead atoms. The number of hydrogen-bond acceptors (Lipinski definition) is 4. The second kappa shape index (κ2) is 6.10. The Morgan fingerprint density at radius 3 is 2.76 bits per heavy atom. The molecule has 1 aromatic rings. The number of benzene rings is 1. The lowest BCUT2D eigenvalue weighted by atomic mass is 10.1. The molecule has 0 atom stereocenters. The highest BCUT2D eigenvalue weighted by molar-refractivity contribution is 5.95. The first kappa shape index (κ1) is 13.3. The Labute approximate surface area is 101 Å². The quantitative estimate of drug-likeness (QED) is 0.741. The molecule has 5 nitrogen and oxygen atoms in total. The maximum Gasteiger partial charge on any atom is 0.253 e. The lowest BCUT2D eigenvalue weighted by Gasteiger charge is -2.17. The number of carbonyl (C=O) groups excluding carboxylic acids is 1. The number of anilines is 1. The number of rotatable bonds is 5. The van der Waals surface area contributed by atoms with Crippen molar-refractivity contribution in [1.82, 2.24) is 4.90 Å². The molecule has 0 radical (unpaired) electrons. The molecule has 5 heteroatoms. The van der Waals surface area contributed by atoms with Crippen LogP contribution < -0.4 is 10.5 Å². The molecule has 0 fully saturated rings. The second-order valence-corrected chi connectivity index (χ2v) is 3.80. The smallest absolute Gasteiger partial charge is 0.253 e. The van der Waals surface area contributed by atoms with Gasteiger partial charge in [-0.2, -0.15) is 0 Å². The van der Waals surface area contributed by atoms with E-state index < -0.39 is 0 Å². The fourth-order valence-corrected chi connectivity index (χ4v) is 1.49. The number of nitrogens with zero attached hydrogens (tertiary/aromatic N) is 1. The number of carbonyl (C=O) groups is 1. The van der Waals surface area contributed by atoms with Crippen LogP contribution in [0.2, 0.25) is 0 Å². The van der Waals surface area contributed by atoms with Crippen LogP contribution in [-0.4, -0.2) is 43.2 Å². The third kappa shape index (κ3) is 3.64. The summed E-state index contributed by atoms with van der Waals surface area (Å²) < 4.78 is 5.06. The average molecular weight is 238 g/mol. The number of methoxy groups -OCH3 is 1. The fourth-order valence-electron chi connectivity index (χ4n) is 1.49. The van der Waals surface area contributed by atoms with Gasteiger partial charge >= 0.3 is 0 Å². The summed E-state index contributed by atoms with van der Waals surface area (Å²) >= 11 is 0. The molecule has 1 rings (SSSR count). The Bertz CT molecular complexity index is 393. The van der Waals surface area contributed by atoms with Gasteiger partial charge in [0.15, 0.2) is 0 Å². The summed E-state index contributed by atoms with van der Waals surface area (Å²) in [6, 6.07) is 4.92. The minimum Gasteiger partial charge on any atom is -0.497 e. The van der Waals surface area contributed by atoms with E-state index in [1.54, 1.807) is 30.1 Å². The third-order valence-corrected chi connectivity index (χ3v) is 2.41. The van der Waals surface area contributed by atoms with Gasteiger partial charge in [-0.25, -0.2) is 0 Å². The van der Waals surface area contributed by atoms with Gasteiger partial charge in [0.1, 0.15) is 5.75 Å². The van der Waals surface area contributed by atoms with E-state index in [2.05, 4.69) is 0 Å². The Morgan fingerprint density at radius 1 is 1.47 bits per heavy atom. The third-order valence-electron chi connectivity index (χ3n) is 2.41. The number of hydrogen-bond donors (Lipinski definition) is 2. The fraction of sp³-hybridized carbons (Fsp3) is 0.417. The molecule has 0 saturated heterocycles. The van der Waals surface area contributed by atoms with E-state index in [0.717, 1.165) is 0 Å². The molecule has 3 N–H and O–H groups in total. The molecular weight excluding hydrogens is 220 g/mol. The summed E-state index contributed by atoms with van der Waals surface area (Å²) in [5, 5.41) is 8.72. The van der Waals surface area contributed by atoms with Gasteiger partial charge in [-0.3, -0.25) is 4.79 Å². The molecule has 0 aromatic heterocycles. The molecule has 1 amide bonds. The zero-order valence-electron chi connectivity index (χ0n) is 10.1. The SMILES string of the molecule is COc1cc(N)cc(C(=O)N(C)CCCO)c1. The lowest BCUT2D eigenvalue weighted by Crippen LogP contribution is -2.28. The summed E-state index contributed by atoms with van der Waals surface area (Å²) in [5.41, 5.74) is 6.66. The van der Waals surface area contributed by atoms with E-state index in [9.17, 15) is 4.79 Å². The molecular formula is C12H18N2O3. The number of aliphatic hydroxyl groups is 1. The molecule has 0 aliphatic carbocycles. The van der Waals surface area contributed by atoms with Crippen molar-refractivity contribution in [2.45, 2.75) is 6.42 Å². The molecule has 0 heterocycles. The summed E-state index contributed by atoms with van der Waals surface area (Å²) in [4.78, 5) is 13.6. The van der Waals surface area contributed by atoms with Crippen molar-refractivity contribution >= 4 is 11.6 Å². The number of nitrogens with two attached hydrogens (primary N) is 1. The monoisotopic (exact) mass is 238 g/mol. The normalized spacial score (nSPS) is 10.1. The predicted octanol–water partition coefficient (Wildman–Crippen LogP) is 0.732. The zero-order valence-corrected chi connectivity index (χ0v) is 10.1. The molecule has 0 saturated carbocycles. The summed E-state index contributed by atoms with van der Waals surface area (Å²) in [6.07, 6.45) is 0.557. The largest absolute Gasteiger partial charge is 0.497 e. The van der Waals surface area contributed by atoms with Gasteiger partial charge in [-0.1, -0.05) is 0 Å². The first-order valence-corrected chi connectivity index (χ1v) is 5.39. The van der Waals surface area contributed by atoms with Crippen molar-refractivity contribution in [2.24, 2.45) is 0 Å². The van der Waals surface area contributed by atoms with Crippen molar-refractivity contribution in [3.63, 3.8) is 0 Å². The van der Waals surface area contributed by atoms with E-state index in [-0.39, 0.29) is 12.5 Å². The highest BCUT2D eigenvalue weighted by Gasteiger charge is 2.12. The van der Waals surface area contributed by atoms with Gasteiger partial charge in [0.2, 0.25) is 0 Å². The van der Waals surface area contributed by atoms with Crippen LogP contribution in [-0.2, 0) is 0 Å². The first-order valence-electron chi connectivity index (χ1n) is 5.39. The molecule has 94 valence electrons. The van der Waals surface area contributed by atoms with Crippen LogP contribution in [0.4, 0.5) is 5.69 Å². The number of ether oxygens (including phenoxy) is 1. The van der Waals surface area contributed by atoms with Crippen molar-refractivity contribution in [2.75, 3.05) is 33.0 Å². The number of nitrogen functional groups attached to an aromatic ring is 1. The van der Waals surface area contributed by atoms with Gasteiger partial charge in [0, 0.05) is 37.5 Å². The van der Waals surface area contributed by atoms with E-state index in [1.165, 1.54) is 7.11 Å². The van der Waals surface area contributed by atoms with Crippen molar-refractivity contribution in [3.05, 3.63) is 23.8 Å². The van der Waals surface area contributed by atoms with Gasteiger partial charge in [0.25, 0.3) is 5.91 Å². The first-order chi connectivity index (χ1) is 8.08. The van der Waals surface area contributed by atoms with Crippen LogP contribution in [0, 0.1) is 0 Å². The number of aliphatic hydroxyl groups excluding tert-OH is 1. The van der Waals surface area contributed by atoms with E-state index in [1.807, 2.05) is 0 Å². The summed E-state index contributed by atoms with van der Waals surface area (Å²) in [7, 11) is 3.21. The van der Waals surface area contributed by atoms with E-state index in [0.29, 0.717) is 30.0 Å². The van der Waals surface area contributed by atoms with Crippen molar-refractivity contribution < 1.29 is 14.6 Å². The Balaban J connectivity index is 2.84. The van der Waals surface area contributed by atoms with E-state index in [4.69, 9.17) is 15.6 Å². The lowest BCUT2D eigenvalue weighted by molar-refractivity contribution is 0.0786. The molecule has 0 aliphatic rings. The van der Waals surface area contributed by atoms with Crippen LogP contribution >= 0.6 is 0 Å². The van der Waals surface area contributed by atoms with Crippen LogP contribution in [0.5, 0.6) is 5.75 Å². The van der Waals surface area contributed by atoms with Crippen LogP contribution in [0.15, 0.2) is 18.2 Å². The minimum atomic E-state index is -0.135. The Morgan fingerprint density at radius 2 is 2.18 bits per heavy atom. The van der Waals surface area contributed by atoms with Gasteiger partial charge in [0.05, 0.1) is 7.11 Å². The Kier molecular flexibility index (Phi) is 4.78. The topological polar surface area (TPSA) is 75.8 Å². The van der Waals surface area contributed by atoms with E-state index >= 15 is 0 Å². The molecule has 1 aromatic carbocycles. The molecule has 0 spiro atoms. The van der Waals surface area contributed by atoms with Crippen LogP contribution in [0.25, 0.3) is 0 Å². The highest BCUT2D eigenvalue weighted by Crippen LogP contribution is 2.19. The maximum atomic E-state index is 12.0. The second-order valence-electron chi connectivity index (χ2n) is 3.80. The number of amides is 1. The maximum absolute atomic E-state index is 12.0. The summed E-state index contributed by atoms with van der Waals surface area (Å²) in [5.74, 6) is 0.424. The van der Waals surface area contributed by atoms with Crippen LogP contribution in [0.1, 0.15) is 16.8 Å². The average Bonchev–Trinajstić information content (AvgIpc) is 2.34. The van der Waals surface area contributed by atoms with Crippen molar-refractivity contribution in [1.29, 1.82) is 0 Å². The predicted molar refractivity (Wildman–Crippen MR) is 66.1 cm³/mol. The van der Waals surface area contributed by atoms with Crippen LogP contribution in [0.3, 0.4) is 0 Å². The van der Waals surface area contributed by atoms with Crippen molar-refractivity contribution in [3.8, 4) is 5.75 Å². The standard InChI is InChI=1S/C12H18N2O3/c1-14(4-3-5-15)12(16)9-6-10(13)8-11(7-9)17-2/h6-8,15H,3-5,13H2,1-2H3. The highest BCUT2D eigenvalue weighted by atomic mass is 16.5. The van der Waals surface area contributed by atoms with Gasteiger partial charge in [-0.15, -0.1) is 0 Å². The van der Waals surface area contributed by atoms with Gasteiger partial charge < -0.3 is 20.5 Å². The minimum absolute atomic E-state index is 0.0673. The summed E-state index contributed by atoms with van der Waals surface area (Å²) in [6.45, 7) is 0.574. The van der Waals surface area contributed by atoms with Gasteiger partial charge in [-0.05, 0) is 18.6 Å². The molecule has 17 heavy (non-hydrogen) atoms. The molecule has 0 aliphatic heterocycles. The molecule has 0 unspecified atom stereocenters. The zero-order chi connectivity index (χ0) is 12.8. The Hall–Kier alpha value is -1.75.